The van der Waals surface area contributed by atoms with Gasteiger partial charge in [0.2, 0.25) is 10.0 Å². The summed E-state index contributed by atoms with van der Waals surface area (Å²) >= 11 is 0. The molecule has 1 amide bonds. The maximum absolute atomic E-state index is 12.4. The fourth-order valence-electron chi connectivity index (χ4n) is 2.28. The minimum absolute atomic E-state index is 0.0362. The summed E-state index contributed by atoms with van der Waals surface area (Å²) in [6.45, 7) is 3.41. The molecule has 1 N–H and O–H groups in total. The number of anilines is 1. The van der Waals surface area contributed by atoms with Crippen molar-refractivity contribution in [2.24, 2.45) is 0 Å². The predicted molar refractivity (Wildman–Crippen MR) is 102 cm³/mol. The highest BCUT2D eigenvalue weighted by atomic mass is 32.2. The number of sulfonamides is 1. The molecule has 7 nitrogen and oxygen atoms in total. The van der Waals surface area contributed by atoms with E-state index in [1.807, 2.05) is 6.07 Å². The van der Waals surface area contributed by atoms with E-state index in [1.54, 1.807) is 30.3 Å². The van der Waals surface area contributed by atoms with E-state index >= 15 is 0 Å². The third-order valence-electron chi connectivity index (χ3n) is 3.66. The molecule has 2 aromatic carbocycles. The van der Waals surface area contributed by atoms with Crippen LogP contribution in [0.3, 0.4) is 0 Å². The second-order valence-electron chi connectivity index (χ2n) is 5.44. The van der Waals surface area contributed by atoms with Crippen molar-refractivity contribution in [1.29, 1.82) is 0 Å². The third kappa shape index (κ3) is 5.25. The zero-order chi connectivity index (χ0) is 19.9. The average Bonchev–Trinajstić information content (AvgIpc) is 2.70. The summed E-state index contributed by atoms with van der Waals surface area (Å²) in [4.78, 5) is 26.0. The Kier molecular flexibility index (Phi) is 6.86. The van der Waals surface area contributed by atoms with Crippen LogP contribution < -0.4 is 9.62 Å². The van der Waals surface area contributed by atoms with Gasteiger partial charge in [-0.2, -0.15) is 0 Å². The molecule has 0 fully saturated rings. The van der Waals surface area contributed by atoms with Crippen molar-refractivity contribution in [1.82, 2.24) is 4.72 Å². The number of amides is 1. The number of ether oxygens (including phenoxy) is 1. The standard InChI is InChI=1S/C19H20N2O5S/c1-3-12-21(16-9-5-4-6-10-16)18(22)14-26-19(23)15-8-7-11-17(13-15)27(24,25)20-2/h3-11,13,20H,1,12,14H2,2H3. The Balaban J connectivity index is 2.09. The van der Waals surface area contributed by atoms with Gasteiger partial charge in [0.15, 0.2) is 6.61 Å². The Morgan fingerprint density at radius 1 is 1.15 bits per heavy atom. The SMILES string of the molecule is C=CCN(C(=O)COC(=O)c1cccc(S(=O)(=O)NC)c1)c1ccccc1. The highest BCUT2D eigenvalue weighted by Crippen LogP contribution is 2.15. The molecule has 142 valence electrons. The van der Waals surface area contributed by atoms with Crippen molar-refractivity contribution in [3.8, 4) is 0 Å². The molecule has 0 aliphatic carbocycles. The van der Waals surface area contributed by atoms with Crippen LogP contribution in [0.1, 0.15) is 10.4 Å². The third-order valence-corrected chi connectivity index (χ3v) is 5.07. The van der Waals surface area contributed by atoms with E-state index in [2.05, 4.69) is 11.3 Å². The first-order valence-electron chi connectivity index (χ1n) is 8.06. The summed E-state index contributed by atoms with van der Waals surface area (Å²) in [5, 5.41) is 0. The maximum Gasteiger partial charge on any atom is 0.338 e. The molecular formula is C19H20N2O5S. The molecule has 0 spiro atoms. The van der Waals surface area contributed by atoms with E-state index < -0.39 is 28.5 Å². The van der Waals surface area contributed by atoms with E-state index in [0.717, 1.165) is 0 Å². The van der Waals surface area contributed by atoms with Crippen LogP contribution in [0.2, 0.25) is 0 Å². The molecule has 0 aliphatic rings. The van der Waals surface area contributed by atoms with Crippen molar-refractivity contribution in [2.75, 3.05) is 25.1 Å². The number of hydrogen-bond acceptors (Lipinski definition) is 5. The molecule has 0 saturated carbocycles. The zero-order valence-corrected chi connectivity index (χ0v) is 15.6. The van der Waals surface area contributed by atoms with E-state index in [0.29, 0.717) is 5.69 Å². The Hall–Kier alpha value is -2.97. The second-order valence-corrected chi connectivity index (χ2v) is 7.33. The highest BCUT2D eigenvalue weighted by Gasteiger charge is 2.19. The molecule has 0 saturated heterocycles. The summed E-state index contributed by atoms with van der Waals surface area (Å²) in [7, 11) is -2.41. The van der Waals surface area contributed by atoms with Gasteiger partial charge in [0.1, 0.15) is 0 Å². The number of nitrogens with zero attached hydrogens (tertiary/aromatic N) is 1. The molecule has 0 heterocycles. The van der Waals surface area contributed by atoms with E-state index in [-0.39, 0.29) is 17.0 Å². The molecular weight excluding hydrogens is 368 g/mol. The molecule has 2 aromatic rings. The number of carbonyl (C=O) groups excluding carboxylic acids is 2. The lowest BCUT2D eigenvalue weighted by Gasteiger charge is -2.21. The molecule has 0 bridgehead atoms. The first kappa shape index (κ1) is 20.3. The Bertz CT molecular complexity index is 926. The van der Waals surface area contributed by atoms with Gasteiger partial charge < -0.3 is 9.64 Å². The Morgan fingerprint density at radius 2 is 1.85 bits per heavy atom. The first-order chi connectivity index (χ1) is 12.9. The minimum Gasteiger partial charge on any atom is -0.452 e. The van der Waals surface area contributed by atoms with Crippen LogP contribution >= 0.6 is 0 Å². The molecule has 0 radical (unpaired) electrons. The van der Waals surface area contributed by atoms with Crippen molar-refractivity contribution in [3.63, 3.8) is 0 Å². The van der Waals surface area contributed by atoms with Crippen LogP contribution in [0.4, 0.5) is 5.69 Å². The highest BCUT2D eigenvalue weighted by molar-refractivity contribution is 7.89. The Morgan fingerprint density at radius 3 is 2.48 bits per heavy atom. The van der Waals surface area contributed by atoms with E-state index in [1.165, 1.54) is 36.2 Å². The lowest BCUT2D eigenvalue weighted by molar-refractivity contribution is -0.121. The monoisotopic (exact) mass is 388 g/mol. The van der Waals surface area contributed by atoms with Crippen LogP contribution in [0.5, 0.6) is 0 Å². The number of para-hydroxylation sites is 1. The van der Waals surface area contributed by atoms with E-state index in [4.69, 9.17) is 4.74 Å². The summed E-state index contributed by atoms with van der Waals surface area (Å²) in [5.41, 5.74) is 0.690. The number of benzene rings is 2. The van der Waals surface area contributed by atoms with Crippen LogP contribution in [-0.2, 0) is 19.6 Å². The summed E-state index contributed by atoms with van der Waals surface area (Å²) in [6.07, 6.45) is 1.57. The van der Waals surface area contributed by atoms with Gasteiger partial charge in [-0.15, -0.1) is 6.58 Å². The zero-order valence-electron chi connectivity index (χ0n) is 14.8. The van der Waals surface area contributed by atoms with Crippen molar-refractivity contribution in [2.45, 2.75) is 4.90 Å². The van der Waals surface area contributed by atoms with Crippen molar-refractivity contribution >= 4 is 27.6 Å². The van der Waals surface area contributed by atoms with Crippen LogP contribution in [-0.4, -0.2) is 40.5 Å². The van der Waals surface area contributed by atoms with Crippen molar-refractivity contribution in [3.05, 3.63) is 72.8 Å². The van der Waals surface area contributed by atoms with Crippen LogP contribution in [0.25, 0.3) is 0 Å². The lowest BCUT2D eigenvalue weighted by Crippen LogP contribution is -2.34. The number of rotatable bonds is 8. The molecule has 27 heavy (non-hydrogen) atoms. The molecule has 0 aliphatic heterocycles. The number of nitrogens with one attached hydrogen (secondary N) is 1. The first-order valence-corrected chi connectivity index (χ1v) is 9.54. The van der Waals surface area contributed by atoms with Gasteiger partial charge >= 0.3 is 5.97 Å². The van der Waals surface area contributed by atoms with E-state index in [9.17, 15) is 18.0 Å². The number of esters is 1. The quantitative estimate of drug-likeness (QED) is 0.551. The summed E-state index contributed by atoms with van der Waals surface area (Å²) in [5.74, 6) is -1.21. The van der Waals surface area contributed by atoms with Gasteiger partial charge in [0.25, 0.3) is 5.91 Å². The van der Waals surface area contributed by atoms with Gasteiger partial charge in [-0.25, -0.2) is 17.9 Å². The predicted octanol–water partition coefficient (Wildman–Crippen LogP) is 1.97. The normalized spacial score (nSPS) is 10.9. The fourth-order valence-corrected chi connectivity index (χ4v) is 3.06. The van der Waals surface area contributed by atoms with Gasteiger partial charge in [0, 0.05) is 12.2 Å². The molecule has 2 rings (SSSR count). The fraction of sp³-hybridized carbons (Fsp3) is 0.158. The smallest absolute Gasteiger partial charge is 0.338 e. The summed E-state index contributed by atoms with van der Waals surface area (Å²) < 4.78 is 30.9. The lowest BCUT2D eigenvalue weighted by atomic mass is 10.2. The number of hydrogen-bond donors (Lipinski definition) is 1. The molecule has 0 aromatic heterocycles. The Labute approximate surface area is 158 Å². The summed E-state index contributed by atoms with van der Waals surface area (Å²) in [6, 6.07) is 14.3. The van der Waals surface area contributed by atoms with Crippen LogP contribution in [0, 0.1) is 0 Å². The average molecular weight is 388 g/mol. The van der Waals surface area contributed by atoms with Crippen LogP contribution in [0.15, 0.2) is 72.1 Å². The van der Waals surface area contributed by atoms with Gasteiger partial charge in [0.05, 0.1) is 10.5 Å². The van der Waals surface area contributed by atoms with Gasteiger partial charge in [-0.1, -0.05) is 30.3 Å². The maximum atomic E-state index is 12.4. The molecule has 0 atom stereocenters. The molecule has 8 heteroatoms. The minimum atomic E-state index is -3.69. The largest absolute Gasteiger partial charge is 0.452 e. The topological polar surface area (TPSA) is 92.8 Å². The van der Waals surface area contributed by atoms with Gasteiger partial charge in [-0.3, -0.25) is 4.79 Å². The second kappa shape index (κ2) is 9.11. The van der Waals surface area contributed by atoms with Crippen molar-refractivity contribution < 1.29 is 22.7 Å². The molecule has 0 unspecified atom stereocenters. The number of carbonyl (C=O) groups is 2. The van der Waals surface area contributed by atoms with Gasteiger partial charge in [-0.05, 0) is 37.4 Å².